The van der Waals surface area contributed by atoms with Gasteiger partial charge in [-0.15, -0.1) is 0 Å². The maximum atomic E-state index is 12.7. The molecule has 2 aromatic carbocycles. The lowest BCUT2D eigenvalue weighted by Crippen LogP contribution is -2.49. The molecule has 28 heavy (non-hydrogen) atoms. The minimum Gasteiger partial charge on any atom is -0.433 e. The number of piperazine rings is 1. The summed E-state index contributed by atoms with van der Waals surface area (Å²) in [5.74, 6) is 0.102. The van der Waals surface area contributed by atoms with Crippen LogP contribution in [0.4, 0.5) is 14.5 Å². The van der Waals surface area contributed by atoms with E-state index in [9.17, 15) is 8.78 Å². The van der Waals surface area contributed by atoms with Crippen LogP contribution in [0.5, 0.6) is 5.75 Å². The Balaban J connectivity index is 1.56. The van der Waals surface area contributed by atoms with Crippen LogP contribution in [0.1, 0.15) is 11.1 Å². The fourth-order valence-corrected chi connectivity index (χ4v) is 3.80. The number of aryl methyl sites for hydroxylation is 1. The van der Waals surface area contributed by atoms with Gasteiger partial charge in [-0.3, -0.25) is 4.90 Å². The van der Waals surface area contributed by atoms with Crippen molar-refractivity contribution >= 4 is 38.9 Å². The Labute approximate surface area is 177 Å². The molecule has 1 aliphatic rings. The van der Waals surface area contributed by atoms with E-state index < -0.39 is 6.61 Å². The lowest BCUT2D eigenvalue weighted by atomic mass is 10.2. The van der Waals surface area contributed by atoms with Gasteiger partial charge in [0.1, 0.15) is 5.75 Å². The molecule has 1 fully saturated rings. The molecule has 2 aromatic rings. The fraction of sp³-hybridized carbons (Fsp3) is 0.350. The van der Waals surface area contributed by atoms with Gasteiger partial charge in [0.2, 0.25) is 0 Å². The van der Waals surface area contributed by atoms with Crippen LogP contribution in [-0.4, -0.2) is 47.7 Å². The predicted molar refractivity (Wildman–Crippen MR) is 115 cm³/mol. The smallest absolute Gasteiger partial charge is 0.387 e. The van der Waals surface area contributed by atoms with Gasteiger partial charge in [0.05, 0.1) is 5.69 Å². The van der Waals surface area contributed by atoms with E-state index >= 15 is 0 Å². The maximum Gasteiger partial charge on any atom is 0.387 e. The zero-order chi connectivity index (χ0) is 20.1. The number of hydrogen-bond donors (Lipinski definition) is 1. The third kappa shape index (κ3) is 5.62. The molecular formula is C20H22BrF2N3OS. The summed E-state index contributed by atoms with van der Waals surface area (Å²) in [5.41, 5.74) is 2.55. The summed E-state index contributed by atoms with van der Waals surface area (Å²) in [7, 11) is 0. The van der Waals surface area contributed by atoms with Crippen LogP contribution in [0.2, 0.25) is 0 Å². The van der Waals surface area contributed by atoms with Gasteiger partial charge in [0.25, 0.3) is 0 Å². The first-order chi connectivity index (χ1) is 13.4. The van der Waals surface area contributed by atoms with E-state index in [1.165, 1.54) is 5.56 Å². The first-order valence-corrected chi connectivity index (χ1v) is 10.2. The lowest BCUT2D eigenvalue weighted by molar-refractivity contribution is -0.0493. The normalized spacial score (nSPS) is 15.0. The Morgan fingerprint density at radius 3 is 2.57 bits per heavy atom. The molecule has 0 spiro atoms. The molecule has 8 heteroatoms. The van der Waals surface area contributed by atoms with Crippen LogP contribution in [0.3, 0.4) is 0 Å². The molecular weight excluding hydrogens is 448 g/mol. The van der Waals surface area contributed by atoms with E-state index in [1.807, 2.05) is 31.2 Å². The number of nitrogens with one attached hydrogen (secondary N) is 1. The predicted octanol–water partition coefficient (Wildman–Crippen LogP) is 4.87. The number of ether oxygens (including phenoxy) is 1. The Hall–Kier alpha value is -1.77. The van der Waals surface area contributed by atoms with Gasteiger partial charge in [-0.1, -0.05) is 40.2 Å². The molecule has 150 valence electrons. The maximum absolute atomic E-state index is 12.7. The van der Waals surface area contributed by atoms with Crippen LogP contribution in [0.25, 0.3) is 0 Å². The Bertz CT molecular complexity index is 829. The van der Waals surface area contributed by atoms with Crippen molar-refractivity contribution in [1.82, 2.24) is 9.80 Å². The number of benzene rings is 2. The number of alkyl halides is 2. The molecule has 3 rings (SSSR count). The van der Waals surface area contributed by atoms with E-state index in [2.05, 4.69) is 41.8 Å². The van der Waals surface area contributed by atoms with Gasteiger partial charge in [-0.25, -0.2) is 0 Å². The molecule has 0 atom stereocenters. The number of hydrogen-bond acceptors (Lipinski definition) is 3. The van der Waals surface area contributed by atoms with E-state index in [4.69, 9.17) is 12.2 Å². The largest absolute Gasteiger partial charge is 0.433 e. The summed E-state index contributed by atoms with van der Waals surface area (Å²) in [5, 5.41) is 3.58. The highest BCUT2D eigenvalue weighted by Crippen LogP contribution is 2.28. The number of anilines is 1. The Morgan fingerprint density at radius 1 is 1.18 bits per heavy atom. The SMILES string of the molecule is Cc1ccc(NC(=S)N2CCN(Cc3ccccc3Br)CC2)c(OC(F)F)c1. The van der Waals surface area contributed by atoms with Crippen LogP contribution in [0, 0.1) is 6.92 Å². The summed E-state index contributed by atoms with van der Waals surface area (Å²) >= 11 is 9.09. The first kappa shape index (κ1) is 21.0. The molecule has 1 saturated heterocycles. The van der Waals surface area contributed by atoms with E-state index in [1.54, 1.807) is 12.1 Å². The summed E-state index contributed by atoms with van der Waals surface area (Å²) in [6.07, 6.45) is 0. The van der Waals surface area contributed by atoms with Gasteiger partial charge in [-0.2, -0.15) is 8.78 Å². The van der Waals surface area contributed by atoms with Gasteiger partial charge in [0.15, 0.2) is 5.11 Å². The third-order valence-electron chi connectivity index (χ3n) is 4.61. The van der Waals surface area contributed by atoms with Crippen molar-refractivity contribution in [3.05, 3.63) is 58.1 Å². The van der Waals surface area contributed by atoms with Gasteiger partial charge >= 0.3 is 6.61 Å². The Kier molecular flexibility index (Phi) is 7.20. The van der Waals surface area contributed by atoms with Crippen LogP contribution < -0.4 is 10.1 Å². The van der Waals surface area contributed by atoms with Crippen LogP contribution in [-0.2, 0) is 6.54 Å². The van der Waals surface area contributed by atoms with Crippen molar-refractivity contribution in [3.63, 3.8) is 0 Å². The summed E-state index contributed by atoms with van der Waals surface area (Å²) < 4.78 is 31.1. The number of rotatable bonds is 5. The number of nitrogens with zero attached hydrogens (tertiary/aromatic N) is 2. The monoisotopic (exact) mass is 469 g/mol. The van der Waals surface area contributed by atoms with Crippen molar-refractivity contribution in [2.24, 2.45) is 0 Å². The molecule has 0 unspecified atom stereocenters. The van der Waals surface area contributed by atoms with Crippen molar-refractivity contribution in [2.75, 3.05) is 31.5 Å². The summed E-state index contributed by atoms with van der Waals surface area (Å²) in [4.78, 5) is 4.42. The van der Waals surface area contributed by atoms with Gasteiger partial charge in [-0.05, 0) is 48.5 Å². The molecule has 0 saturated carbocycles. The molecule has 0 bridgehead atoms. The molecule has 1 N–H and O–H groups in total. The van der Waals surface area contributed by atoms with E-state index in [0.29, 0.717) is 10.8 Å². The van der Waals surface area contributed by atoms with Crippen molar-refractivity contribution < 1.29 is 13.5 Å². The van der Waals surface area contributed by atoms with Gasteiger partial charge < -0.3 is 15.0 Å². The molecule has 0 amide bonds. The lowest BCUT2D eigenvalue weighted by Gasteiger charge is -2.36. The molecule has 1 heterocycles. The highest BCUT2D eigenvalue weighted by atomic mass is 79.9. The average Bonchev–Trinajstić information content (AvgIpc) is 2.66. The standard InChI is InChI=1S/C20H22BrF2N3OS/c1-14-6-7-17(18(12-14)27-19(22)23)24-20(28)26-10-8-25(9-11-26)13-15-4-2-3-5-16(15)21/h2-7,12,19H,8-11,13H2,1H3,(H,24,28). The number of halogens is 3. The quantitative estimate of drug-likeness (QED) is 0.630. The van der Waals surface area contributed by atoms with Crippen LogP contribution in [0.15, 0.2) is 46.9 Å². The molecule has 4 nitrogen and oxygen atoms in total. The zero-order valence-electron chi connectivity index (χ0n) is 15.5. The van der Waals surface area contributed by atoms with Crippen LogP contribution >= 0.6 is 28.1 Å². The van der Waals surface area contributed by atoms with Crippen molar-refractivity contribution in [2.45, 2.75) is 20.1 Å². The van der Waals surface area contributed by atoms with E-state index in [-0.39, 0.29) is 5.75 Å². The second-order valence-corrected chi connectivity index (χ2v) is 7.90. The van der Waals surface area contributed by atoms with Gasteiger partial charge in [0, 0.05) is 37.2 Å². The summed E-state index contributed by atoms with van der Waals surface area (Å²) in [6, 6.07) is 13.3. The van der Waals surface area contributed by atoms with E-state index in [0.717, 1.165) is 42.8 Å². The second-order valence-electron chi connectivity index (χ2n) is 6.66. The van der Waals surface area contributed by atoms with Crippen molar-refractivity contribution in [1.29, 1.82) is 0 Å². The topological polar surface area (TPSA) is 27.7 Å². The highest BCUT2D eigenvalue weighted by Gasteiger charge is 2.20. The van der Waals surface area contributed by atoms with Crippen molar-refractivity contribution in [3.8, 4) is 5.75 Å². The molecule has 0 radical (unpaired) electrons. The third-order valence-corrected chi connectivity index (χ3v) is 5.74. The minimum absolute atomic E-state index is 0.102. The zero-order valence-corrected chi connectivity index (χ0v) is 17.9. The molecule has 0 aromatic heterocycles. The second kappa shape index (κ2) is 9.62. The minimum atomic E-state index is -2.88. The number of thiocarbonyl (C=S) groups is 1. The summed E-state index contributed by atoms with van der Waals surface area (Å²) in [6.45, 7) is 3.11. The fourth-order valence-electron chi connectivity index (χ4n) is 3.10. The highest BCUT2D eigenvalue weighted by molar-refractivity contribution is 9.10. The first-order valence-electron chi connectivity index (χ1n) is 8.99. The molecule has 1 aliphatic heterocycles. The Morgan fingerprint density at radius 2 is 1.89 bits per heavy atom. The average molecular weight is 470 g/mol. The molecule has 0 aliphatic carbocycles.